The van der Waals surface area contributed by atoms with Crippen molar-refractivity contribution >= 4 is 17.3 Å². The van der Waals surface area contributed by atoms with Gasteiger partial charge in [-0.3, -0.25) is 4.79 Å². The van der Waals surface area contributed by atoms with E-state index in [0.717, 1.165) is 48.2 Å². The van der Waals surface area contributed by atoms with Crippen LogP contribution in [0.3, 0.4) is 0 Å². The Morgan fingerprint density at radius 2 is 1.63 bits per heavy atom. The Balaban J connectivity index is 2.86. The third kappa shape index (κ3) is 4.27. The minimum atomic E-state index is 0.117. The molecular weight excluding hydrogens is 236 g/mol. The van der Waals surface area contributed by atoms with Crippen molar-refractivity contribution in [3.8, 4) is 0 Å². The van der Waals surface area contributed by atoms with Crippen LogP contribution >= 0.6 is 0 Å². The second-order valence-electron chi connectivity index (χ2n) is 5.29. The summed E-state index contributed by atoms with van der Waals surface area (Å²) in [5.41, 5.74) is 9.51. The first-order chi connectivity index (χ1) is 8.99. The van der Waals surface area contributed by atoms with Gasteiger partial charge in [-0.25, -0.2) is 0 Å². The summed E-state index contributed by atoms with van der Waals surface area (Å²) < 4.78 is 0. The highest BCUT2D eigenvalue weighted by molar-refractivity contribution is 5.94. The molecule has 0 saturated heterocycles. The van der Waals surface area contributed by atoms with Gasteiger partial charge < -0.3 is 11.1 Å². The first-order valence-corrected chi connectivity index (χ1v) is 7.17. The highest BCUT2D eigenvalue weighted by Crippen LogP contribution is 2.25. The van der Waals surface area contributed by atoms with Crippen molar-refractivity contribution in [1.29, 1.82) is 0 Å². The van der Waals surface area contributed by atoms with Crippen LogP contribution in [0.4, 0.5) is 11.4 Å². The number of carbonyl (C=O) groups is 1. The van der Waals surface area contributed by atoms with E-state index in [1.54, 1.807) is 0 Å². The molecule has 1 aromatic carbocycles. The summed E-state index contributed by atoms with van der Waals surface area (Å²) in [6.07, 6.45) is 3.98. The molecule has 3 nitrogen and oxygen atoms in total. The Labute approximate surface area is 116 Å². The Bertz CT molecular complexity index is 411. The van der Waals surface area contributed by atoms with E-state index < -0.39 is 0 Å². The van der Waals surface area contributed by atoms with E-state index in [0.29, 0.717) is 0 Å². The van der Waals surface area contributed by atoms with Gasteiger partial charge in [0.05, 0.1) is 0 Å². The molecule has 0 radical (unpaired) electrons. The van der Waals surface area contributed by atoms with Crippen LogP contribution in [-0.2, 0) is 4.79 Å². The SMILES string of the molecule is CCCC(CCC)C(=O)Nc1c(C)cc(N)cc1C. The first kappa shape index (κ1) is 15.5. The van der Waals surface area contributed by atoms with Gasteiger partial charge in [-0.05, 0) is 49.9 Å². The van der Waals surface area contributed by atoms with Crippen LogP contribution in [0.2, 0.25) is 0 Å². The fraction of sp³-hybridized carbons (Fsp3) is 0.562. The number of aryl methyl sites for hydroxylation is 2. The van der Waals surface area contributed by atoms with Crippen LogP contribution in [0.1, 0.15) is 50.7 Å². The lowest BCUT2D eigenvalue weighted by Crippen LogP contribution is -2.23. The molecular formula is C16H26N2O. The molecule has 1 rings (SSSR count). The minimum Gasteiger partial charge on any atom is -0.399 e. The quantitative estimate of drug-likeness (QED) is 0.760. The van der Waals surface area contributed by atoms with Crippen molar-refractivity contribution < 1.29 is 4.79 Å². The molecule has 0 saturated carbocycles. The monoisotopic (exact) mass is 262 g/mol. The third-order valence-electron chi connectivity index (χ3n) is 3.45. The summed E-state index contributed by atoms with van der Waals surface area (Å²) in [5.74, 6) is 0.256. The van der Waals surface area contributed by atoms with Crippen molar-refractivity contribution in [2.75, 3.05) is 11.1 Å². The molecule has 0 heterocycles. The van der Waals surface area contributed by atoms with Crippen LogP contribution in [0, 0.1) is 19.8 Å². The highest BCUT2D eigenvalue weighted by atomic mass is 16.1. The van der Waals surface area contributed by atoms with Crippen LogP contribution in [-0.4, -0.2) is 5.91 Å². The molecule has 0 bridgehead atoms. The van der Waals surface area contributed by atoms with E-state index in [1.807, 2.05) is 26.0 Å². The molecule has 3 heteroatoms. The smallest absolute Gasteiger partial charge is 0.227 e. The van der Waals surface area contributed by atoms with Gasteiger partial charge in [0.1, 0.15) is 0 Å². The number of carbonyl (C=O) groups excluding carboxylic acids is 1. The van der Waals surface area contributed by atoms with E-state index in [-0.39, 0.29) is 11.8 Å². The number of anilines is 2. The number of hydrogen-bond acceptors (Lipinski definition) is 2. The highest BCUT2D eigenvalue weighted by Gasteiger charge is 2.18. The van der Waals surface area contributed by atoms with E-state index in [2.05, 4.69) is 19.2 Å². The molecule has 0 atom stereocenters. The lowest BCUT2D eigenvalue weighted by molar-refractivity contribution is -0.120. The summed E-state index contributed by atoms with van der Waals surface area (Å²) in [6.45, 7) is 8.20. The van der Waals surface area contributed by atoms with E-state index in [9.17, 15) is 4.79 Å². The Kier molecular flexibility index (Phi) is 5.87. The standard InChI is InChI=1S/C16H26N2O/c1-5-7-13(8-6-2)16(19)18-15-11(3)9-14(17)10-12(15)4/h9-10,13H,5-8,17H2,1-4H3,(H,18,19). The average molecular weight is 262 g/mol. The topological polar surface area (TPSA) is 55.1 Å². The fourth-order valence-corrected chi connectivity index (χ4v) is 2.52. The average Bonchev–Trinajstić information content (AvgIpc) is 2.33. The maximum Gasteiger partial charge on any atom is 0.227 e. The summed E-state index contributed by atoms with van der Waals surface area (Å²) in [4.78, 5) is 12.3. The largest absolute Gasteiger partial charge is 0.399 e. The van der Waals surface area contributed by atoms with Crippen LogP contribution in [0.15, 0.2) is 12.1 Å². The summed E-state index contributed by atoms with van der Waals surface area (Å²) >= 11 is 0. The third-order valence-corrected chi connectivity index (χ3v) is 3.45. The number of nitrogen functional groups attached to an aromatic ring is 1. The van der Waals surface area contributed by atoms with Crippen molar-refractivity contribution in [1.82, 2.24) is 0 Å². The zero-order valence-corrected chi connectivity index (χ0v) is 12.5. The van der Waals surface area contributed by atoms with Crippen LogP contribution in [0.25, 0.3) is 0 Å². The maximum atomic E-state index is 12.3. The molecule has 1 amide bonds. The molecule has 1 aromatic rings. The second-order valence-corrected chi connectivity index (χ2v) is 5.29. The maximum absolute atomic E-state index is 12.3. The van der Waals surface area contributed by atoms with Gasteiger partial charge in [0.2, 0.25) is 5.91 Å². The normalized spacial score (nSPS) is 10.8. The number of hydrogen-bond donors (Lipinski definition) is 2. The summed E-state index contributed by atoms with van der Waals surface area (Å²) in [6, 6.07) is 3.80. The summed E-state index contributed by atoms with van der Waals surface area (Å²) in [7, 11) is 0. The number of nitrogens with one attached hydrogen (secondary N) is 1. The number of amides is 1. The van der Waals surface area contributed by atoms with Gasteiger partial charge in [0, 0.05) is 17.3 Å². The Morgan fingerprint density at radius 3 is 2.05 bits per heavy atom. The number of benzene rings is 1. The van der Waals surface area contributed by atoms with Crippen LogP contribution < -0.4 is 11.1 Å². The second kappa shape index (κ2) is 7.17. The zero-order chi connectivity index (χ0) is 14.4. The van der Waals surface area contributed by atoms with Gasteiger partial charge in [-0.1, -0.05) is 26.7 Å². The molecule has 0 spiro atoms. The van der Waals surface area contributed by atoms with Crippen molar-refractivity contribution in [3.05, 3.63) is 23.3 Å². The fourth-order valence-electron chi connectivity index (χ4n) is 2.52. The molecule has 3 N–H and O–H groups in total. The molecule has 106 valence electrons. The van der Waals surface area contributed by atoms with Crippen molar-refractivity contribution in [2.24, 2.45) is 5.92 Å². The molecule has 19 heavy (non-hydrogen) atoms. The molecule has 0 fully saturated rings. The minimum absolute atomic E-state index is 0.117. The van der Waals surface area contributed by atoms with Gasteiger partial charge >= 0.3 is 0 Å². The predicted octanol–water partition coefficient (Wildman–Crippen LogP) is 4.04. The number of rotatable bonds is 6. The Hall–Kier alpha value is -1.51. The van der Waals surface area contributed by atoms with E-state index in [1.165, 1.54) is 0 Å². The zero-order valence-electron chi connectivity index (χ0n) is 12.5. The van der Waals surface area contributed by atoms with Gasteiger partial charge in [-0.15, -0.1) is 0 Å². The van der Waals surface area contributed by atoms with Gasteiger partial charge in [-0.2, -0.15) is 0 Å². The molecule has 0 aliphatic heterocycles. The summed E-state index contributed by atoms with van der Waals surface area (Å²) in [5, 5.41) is 3.08. The van der Waals surface area contributed by atoms with Crippen LogP contribution in [0.5, 0.6) is 0 Å². The van der Waals surface area contributed by atoms with E-state index >= 15 is 0 Å². The lowest BCUT2D eigenvalue weighted by Gasteiger charge is -2.18. The van der Waals surface area contributed by atoms with Crippen molar-refractivity contribution in [3.63, 3.8) is 0 Å². The molecule has 0 unspecified atom stereocenters. The number of nitrogens with two attached hydrogens (primary N) is 1. The van der Waals surface area contributed by atoms with Crippen molar-refractivity contribution in [2.45, 2.75) is 53.4 Å². The first-order valence-electron chi connectivity index (χ1n) is 7.17. The molecule has 0 aliphatic rings. The van der Waals surface area contributed by atoms with E-state index in [4.69, 9.17) is 5.73 Å². The van der Waals surface area contributed by atoms with Gasteiger partial charge in [0.25, 0.3) is 0 Å². The molecule has 0 aromatic heterocycles. The molecule has 0 aliphatic carbocycles. The van der Waals surface area contributed by atoms with Gasteiger partial charge in [0.15, 0.2) is 0 Å². The predicted molar refractivity (Wildman–Crippen MR) is 82.3 cm³/mol. The lowest BCUT2D eigenvalue weighted by atomic mass is 9.96. The Morgan fingerprint density at radius 1 is 1.16 bits per heavy atom.